The van der Waals surface area contributed by atoms with Crippen LogP contribution in [0.4, 0.5) is 24.8 Å². The van der Waals surface area contributed by atoms with Gasteiger partial charge in [-0.15, -0.1) is 0 Å². The molecule has 2 aromatic heterocycles. The second-order valence-electron chi connectivity index (χ2n) is 7.72. The molecule has 1 aliphatic carbocycles. The third-order valence-electron chi connectivity index (χ3n) is 5.09. The van der Waals surface area contributed by atoms with Crippen LogP contribution in [-0.2, 0) is 0 Å². The molecule has 1 N–H and O–H groups in total. The largest absolute Gasteiger partial charge is 0.321 e. The predicted octanol–water partition coefficient (Wildman–Crippen LogP) is 5.23. The van der Waals surface area contributed by atoms with Gasteiger partial charge in [-0.25, -0.2) is 23.1 Å². The molecule has 0 aliphatic heterocycles. The fourth-order valence-corrected chi connectivity index (χ4v) is 3.23. The molecule has 0 bridgehead atoms. The molecule has 3 aromatic rings. The Morgan fingerprint density at radius 3 is 2.78 bits per heavy atom. The van der Waals surface area contributed by atoms with Crippen LogP contribution in [-0.4, -0.2) is 25.5 Å². The number of aromatic nitrogens is 4. The highest BCUT2D eigenvalue weighted by Gasteiger charge is 2.25. The first kappa shape index (κ1) is 21.5. The molecule has 1 saturated carbocycles. The van der Waals surface area contributed by atoms with Gasteiger partial charge in [0.2, 0.25) is 5.95 Å². The number of Topliss-reactive ketones (excluding diaryl/α,β-unsaturated/α-hetero) is 1. The van der Waals surface area contributed by atoms with E-state index in [1.807, 2.05) is 10.8 Å². The third-order valence-corrected chi connectivity index (χ3v) is 5.09. The minimum Gasteiger partial charge on any atom is -0.321 e. The van der Waals surface area contributed by atoms with Crippen molar-refractivity contribution < 1.29 is 18.0 Å². The number of hydrogen-bond donors (Lipinski definition) is 1. The Morgan fingerprint density at radius 2 is 2.12 bits per heavy atom. The van der Waals surface area contributed by atoms with Gasteiger partial charge >= 0.3 is 0 Å². The lowest BCUT2D eigenvalue weighted by atomic mass is 9.98. The van der Waals surface area contributed by atoms with E-state index >= 15 is 0 Å². The predicted molar refractivity (Wildman–Crippen MR) is 110 cm³/mol. The Bertz CT molecular complexity index is 1200. The molecule has 0 spiro atoms. The zero-order chi connectivity index (χ0) is 22.8. The molecule has 32 heavy (non-hydrogen) atoms. The van der Waals surface area contributed by atoms with Crippen molar-refractivity contribution in [3.8, 4) is 17.3 Å². The van der Waals surface area contributed by atoms with Crippen molar-refractivity contribution in [1.82, 2.24) is 19.7 Å². The Labute approximate surface area is 181 Å². The van der Waals surface area contributed by atoms with Gasteiger partial charge < -0.3 is 5.32 Å². The number of carbonyl (C=O) groups is 1. The summed E-state index contributed by atoms with van der Waals surface area (Å²) < 4.78 is 43.6. The van der Waals surface area contributed by atoms with Crippen LogP contribution in [0.15, 0.2) is 36.8 Å². The van der Waals surface area contributed by atoms with Crippen molar-refractivity contribution in [2.24, 2.45) is 5.92 Å². The van der Waals surface area contributed by atoms with Crippen LogP contribution in [0.3, 0.4) is 0 Å². The summed E-state index contributed by atoms with van der Waals surface area (Å²) in [5, 5.41) is 16.0. The number of halogens is 3. The fraction of sp³-hybridized carbons (Fsp3) is 0.318. The molecule has 10 heteroatoms. The zero-order valence-corrected chi connectivity index (χ0v) is 17.1. The van der Waals surface area contributed by atoms with E-state index < -0.39 is 29.5 Å². The van der Waals surface area contributed by atoms with Crippen molar-refractivity contribution >= 4 is 17.4 Å². The molecule has 1 aliphatic rings. The number of nitrogens with one attached hydrogen (secondary N) is 1. The average molecular weight is 440 g/mol. The number of rotatable bonds is 8. The minimum absolute atomic E-state index is 0.0585. The molecule has 0 saturated heterocycles. The first-order valence-corrected chi connectivity index (χ1v) is 10.0. The number of ketones is 1. The molecule has 0 unspecified atom stereocenters. The maximum Gasteiger partial charge on any atom is 0.267 e. The SMILES string of the molecule is C[C@@H](C#N)CC(=O)c1ccc(-c2nc(Nc3cnn(C4CC4)c3)ncc2C(F)F)cc1F. The van der Waals surface area contributed by atoms with E-state index in [2.05, 4.69) is 20.4 Å². The summed E-state index contributed by atoms with van der Waals surface area (Å²) in [6.45, 7) is 1.56. The number of alkyl halides is 2. The molecule has 1 atom stereocenters. The molecule has 1 fully saturated rings. The number of carbonyl (C=O) groups excluding carboxylic acids is 1. The fourth-order valence-electron chi connectivity index (χ4n) is 3.23. The van der Waals surface area contributed by atoms with E-state index in [1.54, 1.807) is 19.3 Å². The Balaban J connectivity index is 1.63. The summed E-state index contributed by atoms with van der Waals surface area (Å²) in [6, 6.07) is 5.88. The molecule has 2 heterocycles. The smallest absolute Gasteiger partial charge is 0.267 e. The second kappa shape index (κ2) is 8.78. The van der Waals surface area contributed by atoms with E-state index in [-0.39, 0.29) is 29.2 Å². The molecule has 7 nitrogen and oxygen atoms in total. The van der Waals surface area contributed by atoms with Gasteiger partial charge in [0, 0.05) is 24.4 Å². The van der Waals surface area contributed by atoms with Gasteiger partial charge in [-0.2, -0.15) is 10.4 Å². The van der Waals surface area contributed by atoms with Crippen molar-refractivity contribution in [3.05, 3.63) is 53.7 Å². The molecular formula is C22H19F3N6O. The quantitative estimate of drug-likeness (QED) is 0.482. The molecule has 0 amide bonds. The average Bonchev–Trinajstić information content (AvgIpc) is 3.52. The molecular weight excluding hydrogens is 421 g/mol. The molecule has 0 radical (unpaired) electrons. The van der Waals surface area contributed by atoms with Gasteiger partial charge in [0.05, 0.1) is 46.7 Å². The molecule has 164 valence electrons. The zero-order valence-electron chi connectivity index (χ0n) is 17.1. The number of hydrogen-bond acceptors (Lipinski definition) is 6. The van der Waals surface area contributed by atoms with Crippen molar-refractivity contribution in [3.63, 3.8) is 0 Å². The van der Waals surface area contributed by atoms with Crippen LogP contribution in [0.25, 0.3) is 11.3 Å². The van der Waals surface area contributed by atoms with Crippen molar-refractivity contribution in [1.29, 1.82) is 5.26 Å². The Morgan fingerprint density at radius 1 is 1.34 bits per heavy atom. The highest BCUT2D eigenvalue weighted by molar-refractivity contribution is 5.97. The minimum atomic E-state index is -2.88. The Kier molecular flexibility index (Phi) is 5.90. The van der Waals surface area contributed by atoms with Gasteiger partial charge in [0.15, 0.2) is 5.78 Å². The van der Waals surface area contributed by atoms with E-state index in [0.29, 0.717) is 11.7 Å². The topological polar surface area (TPSA) is 96.5 Å². The Hall–Kier alpha value is -3.74. The van der Waals surface area contributed by atoms with Crippen LogP contribution in [0.2, 0.25) is 0 Å². The van der Waals surface area contributed by atoms with Gasteiger partial charge in [0.25, 0.3) is 6.43 Å². The van der Waals surface area contributed by atoms with Crippen LogP contribution in [0.5, 0.6) is 0 Å². The summed E-state index contributed by atoms with van der Waals surface area (Å²) in [5.41, 5.74) is -0.112. The maximum atomic E-state index is 14.6. The highest BCUT2D eigenvalue weighted by atomic mass is 19.3. The van der Waals surface area contributed by atoms with E-state index in [4.69, 9.17) is 5.26 Å². The number of anilines is 2. The first-order valence-electron chi connectivity index (χ1n) is 10.0. The summed E-state index contributed by atoms with van der Waals surface area (Å²) in [6.07, 6.45) is 3.47. The maximum absolute atomic E-state index is 14.6. The van der Waals surface area contributed by atoms with Gasteiger partial charge in [-0.3, -0.25) is 9.48 Å². The summed E-state index contributed by atoms with van der Waals surface area (Å²) >= 11 is 0. The van der Waals surface area contributed by atoms with Gasteiger partial charge in [-0.05, 0) is 31.9 Å². The summed E-state index contributed by atoms with van der Waals surface area (Å²) in [4.78, 5) is 20.3. The standard InChI is InChI=1S/C22H19F3N6O/c1-12(8-26)6-19(32)16-5-2-13(7-18(16)23)20-17(21(24)25)10-27-22(30-20)29-14-9-28-31(11-14)15-3-4-15/h2,5,7,9-12,15,21H,3-4,6H2,1H3,(H,27,29,30)/t12-/m1/s1. The van der Waals surface area contributed by atoms with E-state index in [0.717, 1.165) is 25.1 Å². The normalized spacial score (nSPS) is 14.2. The number of benzene rings is 1. The number of nitriles is 1. The lowest BCUT2D eigenvalue weighted by molar-refractivity contribution is 0.0968. The van der Waals surface area contributed by atoms with E-state index in [1.165, 1.54) is 12.1 Å². The van der Waals surface area contributed by atoms with Crippen molar-refractivity contribution in [2.75, 3.05) is 5.32 Å². The molecule has 4 rings (SSSR count). The van der Waals surface area contributed by atoms with Crippen LogP contribution < -0.4 is 5.32 Å². The number of nitrogens with zero attached hydrogens (tertiary/aromatic N) is 5. The van der Waals surface area contributed by atoms with Crippen LogP contribution in [0.1, 0.15) is 54.6 Å². The second-order valence-corrected chi connectivity index (χ2v) is 7.72. The van der Waals surface area contributed by atoms with Crippen molar-refractivity contribution in [2.45, 2.75) is 38.7 Å². The molecule has 1 aromatic carbocycles. The monoisotopic (exact) mass is 440 g/mol. The lowest BCUT2D eigenvalue weighted by Crippen LogP contribution is -2.07. The van der Waals surface area contributed by atoms with Gasteiger partial charge in [-0.1, -0.05) is 6.07 Å². The summed E-state index contributed by atoms with van der Waals surface area (Å²) in [7, 11) is 0. The van der Waals surface area contributed by atoms with E-state index in [9.17, 15) is 18.0 Å². The third kappa shape index (κ3) is 4.61. The first-order chi connectivity index (χ1) is 15.4. The highest BCUT2D eigenvalue weighted by Crippen LogP contribution is 2.35. The van der Waals surface area contributed by atoms with Gasteiger partial charge in [0.1, 0.15) is 5.82 Å². The van der Waals surface area contributed by atoms with Crippen LogP contribution in [0, 0.1) is 23.1 Å². The lowest BCUT2D eigenvalue weighted by Gasteiger charge is -2.12. The summed E-state index contributed by atoms with van der Waals surface area (Å²) in [5.74, 6) is -1.90. The van der Waals surface area contributed by atoms with Crippen LogP contribution >= 0.6 is 0 Å².